The molecule has 3 nitrogen and oxygen atoms in total. The lowest BCUT2D eigenvalue weighted by Crippen LogP contribution is -2.15. The van der Waals surface area contributed by atoms with Crippen LogP contribution in [0, 0.1) is 11.8 Å². The Morgan fingerprint density at radius 1 is 1.17 bits per heavy atom. The first-order chi connectivity index (χ1) is 11.1. The van der Waals surface area contributed by atoms with Gasteiger partial charge in [-0.25, -0.2) is 0 Å². The lowest BCUT2D eigenvalue weighted by Gasteiger charge is -2.10. The van der Waals surface area contributed by atoms with Crippen LogP contribution in [-0.2, 0) is 11.2 Å². The average molecular weight is 331 g/mol. The molecule has 1 N–H and O–H groups in total. The minimum absolute atomic E-state index is 0.115. The molecule has 4 rings (SSSR count). The maximum Gasteiger partial charge on any atom is 0.228 e. The Labute approximate surface area is 141 Å². The Morgan fingerprint density at radius 2 is 1.96 bits per heavy atom. The zero-order valence-electron chi connectivity index (χ0n) is 13.8. The van der Waals surface area contributed by atoms with Crippen LogP contribution in [0.2, 0.25) is 0 Å². The highest BCUT2D eigenvalue weighted by atomic mass is 32.1. The largest absolute Gasteiger partial charge is 0.317 e. The van der Waals surface area contributed by atoms with E-state index < -0.39 is 0 Å². The molecule has 2 fully saturated rings. The number of Topliss-reactive ketones (excluding diaryl/α,β-unsaturated/α-hetero) is 1. The molecule has 124 valence electrons. The van der Waals surface area contributed by atoms with Crippen LogP contribution in [0.5, 0.6) is 0 Å². The minimum Gasteiger partial charge on any atom is -0.317 e. The highest BCUT2D eigenvalue weighted by Crippen LogP contribution is 2.46. The minimum atomic E-state index is 0.115. The first-order valence-electron chi connectivity index (χ1n) is 9.13. The number of fused-ring (bicyclic) bond motifs is 1. The van der Waals surface area contributed by atoms with E-state index in [9.17, 15) is 9.59 Å². The standard InChI is InChI=1S/C19H25NO2S/c1-11-5-10-15-16(11)17(14(21)4-2-3-12-6-7-12)19(23-15)20-18(22)13-8-9-13/h11-13H,2-10H2,1H3,(H,20,22)/t11-/m0/s1. The Balaban J connectivity index is 1.53. The molecule has 23 heavy (non-hydrogen) atoms. The fourth-order valence-corrected chi connectivity index (χ4v) is 5.05. The predicted octanol–water partition coefficient (Wildman–Crippen LogP) is 4.91. The number of thiophene rings is 1. The van der Waals surface area contributed by atoms with E-state index in [1.165, 1.54) is 29.7 Å². The van der Waals surface area contributed by atoms with E-state index in [1.807, 2.05) is 0 Å². The van der Waals surface area contributed by atoms with Gasteiger partial charge in [-0.15, -0.1) is 11.3 Å². The van der Waals surface area contributed by atoms with Gasteiger partial charge in [0.2, 0.25) is 5.91 Å². The Kier molecular flexibility index (Phi) is 4.04. The third-order valence-electron chi connectivity index (χ3n) is 5.50. The molecule has 0 spiro atoms. The van der Waals surface area contributed by atoms with Gasteiger partial charge in [0.15, 0.2) is 5.78 Å². The number of aryl methyl sites for hydroxylation is 1. The van der Waals surface area contributed by atoms with E-state index in [1.54, 1.807) is 11.3 Å². The van der Waals surface area contributed by atoms with Gasteiger partial charge in [-0.05, 0) is 49.5 Å². The van der Waals surface area contributed by atoms with Gasteiger partial charge in [0.1, 0.15) is 5.00 Å². The fraction of sp³-hybridized carbons (Fsp3) is 0.684. The van der Waals surface area contributed by atoms with Gasteiger partial charge in [-0.2, -0.15) is 0 Å². The molecule has 3 aliphatic rings. The van der Waals surface area contributed by atoms with Gasteiger partial charge in [-0.1, -0.05) is 26.2 Å². The summed E-state index contributed by atoms with van der Waals surface area (Å²) in [5, 5.41) is 3.92. The van der Waals surface area contributed by atoms with Crippen LogP contribution in [0.25, 0.3) is 0 Å². The van der Waals surface area contributed by atoms with E-state index in [0.717, 1.165) is 48.6 Å². The second kappa shape index (κ2) is 6.04. The van der Waals surface area contributed by atoms with Gasteiger partial charge >= 0.3 is 0 Å². The van der Waals surface area contributed by atoms with Crippen LogP contribution in [0.1, 0.15) is 85.0 Å². The molecule has 1 atom stereocenters. The van der Waals surface area contributed by atoms with Crippen molar-refractivity contribution in [2.75, 3.05) is 5.32 Å². The van der Waals surface area contributed by atoms with Crippen LogP contribution in [0.3, 0.4) is 0 Å². The van der Waals surface area contributed by atoms with Crippen LogP contribution in [0.15, 0.2) is 0 Å². The highest BCUT2D eigenvalue weighted by molar-refractivity contribution is 7.17. The number of rotatable bonds is 7. The lowest BCUT2D eigenvalue weighted by molar-refractivity contribution is -0.117. The Morgan fingerprint density at radius 3 is 2.65 bits per heavy atom. The molecule has 0 aliphatic heterocycles. The summed E-state index contributed by atoms with van der Waals surface area (Å²) in [6.07, 6.45) is 9.72. The molecular formula is C19H25NO2S. The monoisotopic (exact) mass is 331 g/mol. The average Bonchev–Trinajstić information content (AvgIpc) is 3.42. The van der Waals surface area contributed by atoms with Crippen LogP contribution in [-0.4, -0.2) is 11.7 Å². The maximum atomic E-state index is 12.9. The maximum absolute atomic E-state index is 12.9. The van der Waals surface area contributed by atoms with Crippen LogP contribution < -0.4 is 5.32 Å². The quantitative estimate of drug-likeness (QED) is 0.722. The lowest BCUT2D eigenvalue weighted by atomic mass is 9.96. The Bertz CT molecular complexity index is 640. The summed E-state index contributed by atoms with van der Waals surface area (Å²) in [7, 11) is 0. The van der Waals surface area contributed by atoms with Crippen molar-refractivity contribution in [1.82, 2.24) is 0 Å². The molecule has 0 aromatic carbocycles. The number of carbonyl (C=O) groups is 2. The SMILES string of the molecule is C[C@H]1CCc2sc(NC(=O)C3CC3)c(C(=O)CCCC3CC3)c21. The topological polar surface area (TPSA) is 46.2 Å². The summed E-state index contributed by atoms with van der Waals surface area (Å²) >= 11 is 1.65. The van der Waals surface area contributed by atoms with E-state index in [2.05, 4.69) is 12.2 Å². The number of carbonyl (C=O) groups excluding carboxylic acids is 2. The number of amides is 1. The molecule has 0 unspecified atom stereocenters. The number of nitrogens with one attached hydrogen (secondary N) is 1. The van der Waals surface area contributed by atoms with E-state index >= 15 is 0 Å². The molecule has 1 heterocycles. The van der Waals surface area contributed by atoms with Crippen molar-refractivity contribution in [2.24, 2.45) is 11.8 Å². The van der Waals surface area contributed by atoms with Crippen molar-refractivity contribution >= 4 is 28.0 Å². The second-order valence-corrected chi connectivity index (χ2v) is 8.71. The number of anilines is 1. The fourth-order valence-electron chi connectivity index (χ4n) is 3.70. The van der Waals surface area contributed by atoms with Gasteiger partial charge in [0, 0.05) is 17.2 Å². The van der Waals surface area contributed by atoms with Crippen molar-refractivity contribution in [1.29, 1.82) is 0 Å². The summed E-state index contributed by atoms with van der Waals surface area (Å²) < 4.78 is 0. The number of hydrogen-bond donors (Lipinski definition) is 1. The van der Waals surface area contributed by atoms with E-state index in [-0.39, 0.29) is 17.6 Å². The van der Waals surface area contributed by atoms with Crippen molar-refractivity contribution in [3.8, 4) is 0 Å². The molecular weight excluding hydrogens is 306 g/mol. The molecule has 3 aliphatic carbocycles. The molecule has 0 bridgehead atoms. The first kappa shape index (κ1) is 15.4. The van der Waals surface area contributed by atoms with Crippen molar-refractivity contribution in [3.63, 3.8) is 0 Å². The van der Waals surface area contributed by atoms with E-state index in [0.29, 0.717) is 12.3 Å². The summed E-state index contributed by atoms with van der Waals surface area (Å²) in [6, 6.07) is 0. The van der Waals surface area contributed by atoms with Gasteiger partial charge in [0.05, 0.1) is 5.56 Å². The van der Waals surface area contributed by atoms with Crippen LogP contribution >= 0.6 is 11.3 Å². The molecule has 4 heteroatoms. The Hall–Kier alpha value is -1.16. The molecule has 0 saturated heterocycles. The summed E-state index contributed by atoms with van der Waals surface area (Å²) in [5.41, 5.74) is 2.11. The zero-order chi connectivity index (χ0) is 16.0. The van der Waals surface area contributed by atoms with Gasteiger partial charge < -0.3 is 5.32 Å². The third-order valence-corrected chi connectivity index (χ3v) is 6.68. The zero-order valence-corrected chi connectivity index (χ0v) is 14.6. The van der Waals surface area contributed by atoms with Crippen LogP contribution in [0.4, 0.5) is 5.00 Å². The molecule has 1 aromatic rings. The molecule has 1 amide bonds. The van der Waals surface area contributed by atoms with Crippen molar-refractivity contribution < 1.29 is 9.59 Å². The van der Waals surface area contributed by atoms with Crippen molar-refractivity contribution in [2.45, 2.75) is 70.6 Å². The summed E-state index contributed by atoms with van der Waals surface area (Å²) in [4.78, 5) is 26.3. The number of hydrogen-bond acceptors (Lipinski definition) is 3. The van der Waals surface area contributed by atoms with Gasteiger partial charge in [0.25, 0.3) is 0 Å². The first-order valence-corrected chi connectivity index (χ1v) is 9.94. The summed E-state index contributed by atoms with van der Waals surface area (Å²) in [5.74, 6) is 1.88. The third kappa shape index (κ3) is 3.23. The van der Waals surface area contributed by atoms with E-state index in [4.69, 9.17) is 0 Å². The van der Waals surface area contributed by atoms with Gasteiger partial charge in [-0.3, -0.25) is 9.59 Å². The highest BCUT2D eigenvalue weighted by Gasteiger charge is 2.34. The predicted molar refractivity (Wildman–Crippen MR) is 93.3 cm³/mol. The molecule has 0 radical (unpaired) electrons. The smallest absolute Gasteiger partial charge is 0.228 e. The summed E-state index contributed by atoms with van der Waals surface area (Å²) in [6.45, 7) is 2.21. The van der Waals surface area contributed by atoms with Crippen molar-refractivity contribution in [3.05, 3.63) is 16.0 Å². The molecule has 1 aromatic heterocycles. The normalized spacial score (nSPS) is 22.9. The molecule has 2 saturated carbocycles. The number of ketones is 1. The second-order valence-electron chi connectivity index (χ2n) is 7.61.